The molecular weight excluding hydrogens is 342 g/mol. The highest BCUT2D eigenvalue weighted by Crippen LogP contribution is 2.38. The minimum Gasteiger partial charge on any atom is -0.287 e. The van der Waals surface area contributed by atoms with Gasteiger partial charge in [-0.1, -0.05) is 91.1 Å². The zero-order valence-electron chi connectivity index (χ0n) is 17.8. The molecule has 0 amide bonds. The smallest absolute Gasteiger partial charge is 0.212 e. The van der Waals surface area contributed by atoms with Gasteiger partial charge in [0.25, 0.3) is 0 Å². The van der Waals surface area contributed by atoms with E-state index in [2.05, 4.69) is 72.9 Å². The maximum absolute atomic E-state index is 13.0. The van der Waals surface area contributed by atoms with Crippen LogP contribution in [-0.2, 0) is 15.6 Å². The van der Waals surface area contributed by atoms with Gasteiger partial charge in [0.1, 0.15) is 5.71 Å². The first kappa shape index (κ1) is 20.0. The number of hydrogen-bond acceptors (Lipinski definition) is 2. The monoisotopic (exact) mass is 371 g/mol. The molecule has 28 heavy (non-hydrogen) atoms. The molecule has 0 atom stereocenters. The van der Waals surface area contributed by atoms with Crippen molar-refractivity contribution in [1.82, 2.24) is 0 Å². The summed E-state index contributed by atoms with van der Waals surface area (Å²) in [5.74, 6) is -0.106. The van der Waals surface area contributed by atoms with E-state index in [4.69, 9.17) is 4.99 Å². The molecule has 1 aliphatic carbocycles. The van der Waals surface area contributed by atoms with Crippen LogP contribution < -0.4 is 0 Å². The van der Waals surface area contributed by atoms with Crippen LogP contribution in [0.15, 0.2) is 54.5 Å². The molecule has 0 heterocycles. The second-order valence-corrected chi connectivity index (χ2v) is 9.47. The van der Waals surface area contributed by atoms with Crippen molar-refractivity contribution in [2.24, 2.45) is 4.99 Å². The number of allylic oxidation sites excluding steroid dienone is 1. The van der Waals surface area contributed by atoms with E-state index < -0.39 is 0 Å². The van der Waals surface area contributed by atoms with E-state index in [0.717, 1.165) is 27.9 Å². The molecular formula is C26H29NO. The molecule has 0 saturated heterocycles. The summed E-state index contributed by atoms with van der Waals surface area (Å²) < 4.78 is 0. The van der Waals surface area contributed by atoms with E-state index in [-0.39, 0.29) is 16.6 Å². The van der Waals surface area contributed by atoms with Crippen molar-refractivity contribution in [1.29, 1.82) is 0 Å². The van der Waals surface area contributed by atoms with Gasteiger partial charge in [0.2, 0.25) is 5.78 Å². The van der Waals surface area contributed by atoms with Gasteiger partial charge in [0, 0.05) is 16.7 Å². The Morgan fingerprint density at radius 3 is 2.21 bits per heavy atom. The van der Waals surface area contributed by atoms with Gasteiger partial charge in [-0.15, -0.1) is 0 Å². The van der Waals surface area contributed by atoms with Crippen molar-refractivity contribution in [2.45, 2.75) is 52.4 Å². The number of carbonyl (C=O) groups excluding carboxylic acids is 1. The predicted octanol–water partition coefficient (Wildman–Crippen LogP) is 6.64. The van der Waals surface area contributed by atoms with E-state index >= 15 is 0 Å². The van der Waals surface area contributed by atoms with Gasteiger partial charge in [-0.3, -0.25) is 4.79 Å². The summed E-state index contributed by atoms with van der Waals surface area (Å²) >= 11 is 0. The highest BCUT2D eigenvalue weighted by molar-refractivity contribution is 6.64. The molecule has 144 valence electrons. The molecule has 0 spiro atoms. The molecule has 0 aliphatic heterocycles. The normalized spacial score (nSPS) is 15.9. The lowest BCUT2D eigenvalue weighted by atomic mass is 9.81. The number of aliphatic imine (C=N–C) groups is 1. The first-order valence-electron chi connectivity index (χ1n) is 9.68. The molecule has 2 aromatic rings. The molecule has 0 aromatic heterocycles. The maximum atomic E-state index is 13.0. The van der Waals surface area contributed by atoms with Gasteiger partial charge in [-0.2, -0.15) is 0 Å². The summed E-state index contributed by atoms with van der Waals surface area (Å²) in [5.41, 5.74) is 6.67. The Bertz CT molecular complexity index is 1020. The molecule has 0 N–H and O–H groups in total. The van der Waals surface area contributed by atoms with Crippen molar-refractivity contribution in [3.8, 4) is 0 Å². The predicted molar refractivity (Wildman–Crippen MR) is 121 cm³/mol. The van der Waals surface area contributed by atoms with Gasteiger partial charge in [-0.05, 0) is 33.6 Å². The average molecular weight is 372 g/mol. The van der Waals surface area contributed by atoms with Crippen LogP contribution in [-0.4, -0.2) is 11.5 Å². The van der Waals surface area contributed by atoms with Crippen LogP contribution in [0.1, 0.15) is 69.4 Å². The third-order valence-corrected chi connectivity index (χ3v) is 5.27. The number of benzene rings is 2. The Hall–Kier alpha value is -2.74. The van der Waals surface area contributed by atoms with Gasteiger partial charge in [0.05, 0.1) is 5.69 Å². The lowest BCUT2D eigenvalue weighted by molar-refractivity contribution is -0.107. The number of ketones is 1. The van der Waals surface area contributed by atoms with Crippen molar-refractivity contribution >= 4 is 28.8 Å². The summed E-state index contributed by atoms with van der Waals surface area (Å²) in [6.45, 7) is 21.0. The van der Waals surface area contributed by atoms with Crippen LogP contribution in [0.5, 0.6) is 0 Å². The van der Waals surface area contributed by atoms with Crippen LogP contribution in [0.2, 0.25) is 0 Å². The van der Waals surface area contributed by atoms with E-state index in [1.807, 2.05) is 18.2 Å². The standard InChI is InChI=1S/C26H29NO/c1-9-17-11-10-12-19-22(17)16(2)24(28)23(19)27-21-15-18(25(3,4)5)13-14-20(21)26(6,7)8/h9-15H,1-2H2,3-8H3. The third kappa shape index (κ3) is 3.40. The highest BCUT2D eigenvalue weighted by Gasteiger charge is 2.32. The van der Waals surface area contributed by atoms with Crippen LogP contribution in [0.3, 0.4) is 0 Å². The Morgan fingerprint density at radius 2 is 1.64 bits per heavy atom. The molecule has 0 radical (unpaired) electrons. The van der Waals surface area contributed by atoms with Gasteiger partial charge >= 0.3 is 0 Å². The van der Waals surface area contributed by atoms with Crippen molar-refractivity contribution in [3.63, 3.8) is 0 Å². The van der Waals surface area contributed by atoms with Gasteiger partial charge in [-0.25, -0.2) is 4.99 Å². The number of nitrogens with zero attached hydrogens (tertiary/aromatic N) is 1. The molecule has 2 aromatic carbocycles. The number of Topliss-reactive ketones (excluding diaryl/α,β-unsaturated/α-hetero) is 1. The average Bonchev–Trinajstić information content (AvgIpc) is 2.85. The Balaban J connectivity index is 2.28. The second kappa shape index (κ2) is 6.70. The zero-order chi connectivity index (χ0) is 20.9. The van der Waals surface area contributed by atoms with Crippen LogP contribution in [0.4, 0.5) is 5.69 Å². The fraction of sp³-hybridized carbons (Fsp3) is 0.308. The molecule has 2 heteroatoms. The molecule has 0 bridgehead atoms. The third-order valence-electron chi connectivity index (χ3n) is 5.27. The summed E-state index contributed by atoms with van der Waals surface area (Å²) in [6.07, 6.45) is 1.76. The fourth-order valence-electron chi connectivity index (χ4n) is 3.61. The minimum atomic E-state index is -0.106. The highest BCUT2D eigenvalue weighted by atomic mass is 16.1. The van der Waals surface area contributed by atoms with Gasteiger partial charge in [0.15, 0.2) is 0 Å². The zero-order valence-corrected chi connectivity index (χ0v) is 17.8. The van der Waals surface area contributed by atoms with Crippen LogP contribution >= 0.6 is 0 Å². The first-order valence-corrected chi connectivity index (χ1v) is 9.68. The lowest BCUT2D eigenvalue weighted by Crippen LogP contribution is -2.16. The summed E-state index contributed by atoms with van der Waals surface area (Å²) in [5, 5.41) is 0. The molecule has 3 rings (SSSR count). The van der Waals surface area contributed by atoms with Crippen molar-refractivity contribution in [2.75, 3.05) is 0 Å². The SMILES string of the molecule is C=Cc1cccc2c1C(=C)C(=O)C2=Nc1cc(C(C)(C)C)ccc1C(C)(C)C. The largest absolute Gasteiger partial charge is 0.287 e. The number of fused-ring (bicyclic) bond motifs is 1. The van der Waals surface area contributed by atoms with Crippen molar-refractivity contribution in [3.05, 3.63) is 77.4 Å². The van der Waals surface area contributed by atoms with Gasteiger partial charge < -0.3 is 0 Å². The van der Waals surface area contributed by atoms with Crippen molar-refractivity contribution < 1.29 is 4.79 Å². The van der Waals surface area contributed by atoms with E-state index in [0.29, 0.717) is 11.3 Å². The van der Waals surface area contributed by atoms with Crippen LogP contribution in [0.25, 0.3) is 11.6 Å². The summed E-state index contributed by atoms with van der Waals surface area (Å²) in [7, 11) is 0. The molecule has 1 aliphatic rings. The fourth-order valence-corrected chi connectivity index (χ4v) is 3.61. The quantitative estimate of drug-likeness (QED) is 0.544. The molecule has 0 saturated carbocycles. The molecule has 2 nitrogen and oxygen atoms in total. The topological polar surface area (TPSA) is 29.4 Å². The number of hydrogen-bond donors (Lipinski definition) is 0. The Kier molecular flexibility index (Phi) is 4.79. The lowest BCUT2D eigenvalue weighted by Gasteiger charge is -2.25. The summed E-state index contributed by atoms with van der Waals surface area (Å²) in [6, 6.07) is 12.3. The molecule has 0 unspecified atom stereocenters. The second-order valence-electron chi connectivity index (χ2n) is 9.47. The summed E-state index contributed by atoms with van der Waals surface area (Å²) in [4.78, 5) is 17.9. The first-order chi connectivity index (χ1) is 12.9. The van der Waals surface area contributed by atoms with E-state index in [1.165, 1.54) is 5.56 Å². The Labute approximate surface area is 168 Å². The maximum Gasteiger partial charge on any atom is 0.212 e. The Morgan fingerprint density at radius 1 is 0.964 bits per heavy atom. The number of rotatable bonds is 2. The van der Waals surface area contributed by atoms with E-state index in [9.17, 15) is 4.79 Å². The minimum absolute atomic E-state index is 0.00253. The number of carbonyl (C=O) groups is 1. The van der Waals surface area contributed by atoms with Crippen LogP contribution in [0, 0.1) is 0 Å². The van der Waals surface area contributed by atoms with E-state index in [1.54, 1.807) is 6.08 Å². The molecule has 0 fully saturated rings.